The zero-order chi connectivity index (χ0) is 10.8. The van der Waals surface area contributed by atoms with Crippen molar-refractivity contribution in [2.24, 2.45) is 0 Å². The molecule has 0 unspecified atom stereocenters. The first-order valence-corrected chi connectivity index (χ1v) is 4.09. The van der Waals surface area contributed by atoms with E-state index in [0.717, 1.165) is 12.1 Å². The van der Waals surface area contributed by atoms with Gasteiger partial charge in [0.05, 0.1) is 12.2 Å². The van der Waals surface area contributed by atoms with Crippen LogP contribution in [0.4, 0.5) is 13.2 Å². The number of alkyl halides is 3. The van der Waals surface area contributed by atoms with Crippen LogP contribution in [-0.2, 0) is 12.8 Å². The van der Waals surface area contributed by atoms with Crippen molar-refractivity contribution in [2.75, 3.05) is 0 Å². The molecule has 0 saturated heterocycles. The van der Waals surface area contributed by atoms with Crippen LogP contribution in [0.2, 0.25) is 6.82 Å². The smallest absolute Gasteiger partial charge is 0.392 e. The summed E-state index contributed by atoms with van der Waals surface area (Å²) in [4.78, 5) is 0. The third kappa shape index (κ3) is 2.29. The third-order valence-electron chi connectivity index (χ3n) is 1.95. The maximum Gasteiger partial charge on any atom is 0.416 e. The summed E-state index contributed by atoms with van der Waals surface area (Å²) in [6.07, 6.45) is -4.35. The average Bonchev–Trinajstić information content (AvgIpc) is 2.15. The second-order valence-corrected chi connectivity index (χ2v) is 2.86. The van der Waals surface area contributed by atoms with E-state index in [-0.39, 0.29) is 6.61 Å². The lowest BCUT2D eigenvalue weighted by Gasteiger charge is -2.10. The van der Waals surface area contributed by atoms with Gasteiger partial charge in [-0.1, -0.05) is 24.4 Å². The lowest BCUT2D eigenvalue weighted by molar-refractivity contribution is -0.137. The van der Waals surface area contributed by atoms with Crippen molar-refractivity contribution in [3.05, 3.63) is 29.3 Å². The predicted octanol–water partition coefficient (Wildman–Crippen LogP) is 1.58. The molecule has 1 rings (SSSR count). The van der Waals surface area contributed by atoms with Gasteiger partial charge < -0.3 is 5.11 Å². The molecule has 1 radical (unpaired) electrons. The number of aliphatic hydroxyl groups is 1. The maximum absolute atomic E-state index is 12.2. The summed E-state index contributed by atoms with van der Waals surface area (Å²) in [5.74, 6) is 0. The summed E-state index contributed by atoms with van der Waals surface area (Å²) in [7, 11) is 1.66. The lowest BCUT2D eigenvalue weighted by atomic mass is 9.71. The van der Waals surface area contributed by atoms with Crippen molar-refractivity contribution in [1.82, 2.24) is 0 Å². The Kier molecular flexibility index (Phi) is 3.21. The van der Waals surface area contributed by atoms with Gasteiger partial charge in [0, 0.05) is 0 Å². The maximum atomic E-state index is 12.2. The molecule has 1 aromatic carbocycles. The van der Waals surface area contributed by atoms with Gasteiger partial charge in [-0.15, -0.1) is 0 Å². The normalized spacial score (nSPS) is 11.5. The second-order valence-electron chi connectivity index (χ2n) is 2.86. The van der Waals surface area contributed by atoms with Gasteiger partial charge in [0.15, 0.2) is 0 Å². The minimum absolute atomic E-state index is 0.294. The van der Waals surface area contributed by atoms with E-state index in [2.05, 4.69) is 0 Å². The van der Waals surface area contributed by atoms with E-state index >= 15 is 0 Å². The Bertz CT molecular complexity index is 322. The highest BCUT2D eigenvalue weighted by Crippen LogP contribution is 2.29. The fraction of sp³-hybridized carbons (Fsp3) is 0.333. The second kappa shape index (κ2) is 4.04. The summed E-state index contributed by atoms with van der Waals surface area (Å²) in [6.45, 7) is 1.32. The largest absolute Gasteiger partial charge is 0.416 e. The highest BCUT2D eigenvalue weighted by Gasteiger charge is 2.30. The summed E-state index contributed by atoms with van der Waals surface area (Å²) in [5, 5.41) is 8.85. The average molecular weight is 201 g/mol. The van der Waals surface area contributed by atoms with Crippen LogP contribution in [0, 0.1) is 0 Å². The molecule has 75 valence electrons. The number of aliphatic hydroxyl groups excluding tert-OH is 1. The Labute approximate surface area is 80.8 Å². The van der Waals surface area contributed by atoms with Crippen molar-refractivity contribution in [1.29, 1.82) is 0 Å². The molecule has 0 aromatic heterocycles. The van der Waals surface area contributed by atoms with Crippen LogP contribution in [0.3, 0.4) is 0 Å². The molecule has 0 aliphatic heterocycles. The Balaban J connectivity index is 3.14. The van der Waals surface area contributed by atoms with Crippen LogP contribution in [0.5, 0.6) is 0 Å². The van der Waals surface area contributed by atoms with E-state index in [0.29, 0.717) is 11.0 Å². The molecule has 0 amide bonds. The molecule has 0 spiro atoms. The van der Waals surface area contributed by atoms with Crippen LogP contribution in [0.25, 0.3) is 0 Å². The summed E-state index contributed by atoms with van der Waals surface area (Å²) >= 11 is 0. The standard InChI is InChI=1S/C9H9BF3O/c1-10-8-3-2-7(9(11,12)13)4-6(8)5-14/h2-4,14H,5H2,1H3. The minimum atomic E-state index is -4.35. The highest BCUT2D eigenvalue weighted by molar-refractivity contribution is 6.52. The van der Waals surface area contributed by atoms with Crippen LogP contribution < -0.4 is 5.46 Å². The Morgan fingerprint density at radius 1 is 1.36 bits per heavy atom. The van der Waals surface area contributed by atoms with E-state index in [4.69, 9.17) is 5.11 Å². The third-order valence-corrected chi connectivity index (χ3v) is 1.95. The van der Waals surface area contributed by atoms with Crippen molar-refractivity contribution >= 4 is 12.7 Å². The summed E-state index contributed by atoms with van der Waals surface area (Å²) in [6, 6.07) is 3.33. The van der Waals surface area contributed by atoms with E-state index in [9.17, 15) is 13.2 Å². The van der Waals surface area contributed by atoms with E-state index in [1.165, 1.54) is 6.07 Å². The van der Waals surface area contributed by atoms with Crippen LogP contribution in [0.15, 0.2) is 18.2 Å². The van der Waals surface area contributed by atoms with Crippen molar-refractivity contribution in [2.45, 2.75) is 19.6 Å². The molecule has 0 heterocycles. The topological polar surface area (TPSA) is 20.2 Å². The molecule has 1 aromatic rings. The van der Waals surface area contributed by atoms with Gasteiger partial charge in [-0.3, -0.25) is 0 Å². The van der Waals surface area contributed by atoms with E-state index in [1.807, 2.05) is 0 Å². The van der Waals surface area contributed by atoms with Crippen molar-refractivity contribution in [3.63, 3.8) is 0 Å². The number of rotatable bonds is 2. The predicted molar refractivity (Wildman–Crippen MR) is 48.6 cm³/mol. The van der Waals surface area contributed by atoms with Crippen LogP contribution in [0.1, 0.15) is 11.1 Å². The van der Waals surface area contributed by atoms with Crippen LogP contribution in [-0.4, -0.2) is 12.4 Å². The Morgan fingerprint density at radius 2 is 2.00 bits per heavy atom. The fourth-order valence-corrected chi connectivity index (χ4v) is 1.20. The molecule has 0 aliphatic carbocycles. The van der Waals surface area contributed by atoms with Gasteiger partial charge in [-0.2, -0.15) is 13.2 Å². The molecular formula is C9H9BF3O. The first kappa shape index (κ1) is 11.1. The zero-order valence-electron chi connectivity index (χ0n) is 7.60. The quantitative estimate of drug-likeness (QED) is 0.720. The SMILES string of the molecule is C[B]c1ccc(C(F)(F)F)cc1CO. The van der Waals surface area contributed by atoms with Gasteiger partial charge in [-0.25, -0.2) is 0 Å². The Hall–Kier alpha value is -0.965. The molecule has 0 aliphatic rings. The fourth-order valence-electron chi connectivity index (χ4n) is 1.20. The molecule has 1 N–H and O–H groups in total. The summed E-state index contributed by atoms with van der Waals surface area (Å²) < 4.78 is 36.7. The highest BCUT2D eigenvalue weighted by atomic mass is 19.4. The van der Waals surface area contributed by atoms with Crippen molar-refractivity contribution < 1.29 is 18.3 Å². The number of halogens is 3. The first-order valence-electron chi connectivity index (χ1n) is 4.09. The monoisotopic (exact) mass is 201 g/mol. The molecule has 1 nitrogen and oxygen atoms in total. The lowest BCUT2D eigenvalue weighted by Crippen LogP contribution is -2.19. The van der Waals surface area contributed by atoms with Gasteiger partial charge in [0.25, 0.3) is 0 Å². The molecule has 0 bridgehead atoms. The first-order chi connectivity index (χ1) is 6.49. The molecule has 5 heteroatoms. The molecule has 0 atom stereocenters. The van der Waals surface area contributed by atoms with Crippen molar-refractivity contribution in [3.8, 4) is 0 Å². The molecule has 0 saturated carbocycles. The van der Waals surface area contributed by atoms with E-state index < -0.39 is 11.7 Å². The van der Waals surface area contributed by atoms with Gasteiger partial charge in [-0.05, 0) is 11.6 Å². The molecule has 0 fully saturated rings. The summed E-state index contributed by atoms with van der Waals surface area (Å²) in [5.41, 5.74) is 0.190. The van der Waals surface area contributed by atoms with Gasteiger partial charge in [0.1, 0.15) is 7.28 Å². The van der Waals surface area contributed by atoms with E-state index in [1.54, 1.807) is 14.1 Å². The molecular weight excluding hydrogens is 192 g/mol. The Morgan fingerprint density at radius 3 is 2.43 bits per heavy atom. The number of hydrogen-bond donors (Lipinski definition) is 1. The zero-order valence-corrected chi connectivity index (χ0v) is 7.60. The van der Waals surface area contributed by atoms with Crippen LogP contribution >= 0.6 is 0 Å². The number of benzene rings is 1. The molecule has 14 heavy (non-hydrogen) atoms. The minimum Gasteiger partial charge on any atom is -0.392 e. The van der Waals surface area contributed by atoms with Gasteiger partial charge in [0.2, 0.25) is 0 Å². The van der Waals surface area contributed by atoms with Gasteiger partial charge >= 0.3 is 6.18 Å². The number of hydrogen-bond acceptors (Lipinski definition) is 1.